The molecule has 1 aromatic rings. The lowest BCUT2D eigenvalue weighted by molar-refractivity contribution is 0.277. The summed E-state index contributed by atoms with van der Waals surface area (Å²) in [7, 11) is 7.16. The van der Waals surface area contributed by atoms with Gasteiger partial charge in [-0.2, -0.15) is 0 Å². The molecule has 102 valence electrons. The second kappa shape index (κ2) is 7.98. The van der Waals surface area contributed by atoms with Crippen LogP contribution in [0.25, 0.3) is 0 Å². The summed E-state index contributed by atoms with van der Waals surface area (Å²) in [5.74, 6) is 0.975. The van der Waals surface area contributed by atoms with Gasteiger partial charge in [-0.15, -0.1) is 0 Å². The van der Waals surface area contributed by atoms with Gasteiger partial charge in [0.15, 0.2) is 0 Å². The Morgan fingerprint density at radius 3 is 2.44 bits per heavy atom. The van der Waals surface area contributed by atoms with Crippen LogP contribution in [-0.2, 0) is 11.2 Å². The van der Waals surface area contributed by atoms with E-state index in [0.717, 1.165) is 5.75 Å². The topological polar surface area (TPSA) is 21.7 Å². The summed E-state index contributed by atoms with van der Waals surface area (Å²) >= 11 is 0. The minimum atomic E-state index is 0.975. The van der Waals surface area contributed by atoms with Crippen LogP contribution in [0.15, 0.2) is 18.2 Å². The van der Waals surface area contributed by atoms with Crippen LogP contribution >= 0.6 is 0 Å². The van der Waals surface area contributed by atoms with Gasteiger partial charge in [-0.05, 0) is 43.0 Å². The monoisotopic (exact) mass is 251 g/mol. The molecule has 0 N–H and O–H groups in total. The summed E-state index contributed by atoms with van der Waals surface area (Å²) in [6.07, 6.45) is 5.12. The van der Waals surface area contributed by atoms with Crippen molar-refractivity contribution < 1.29 is 9.47 Å². The molecule has 0 bridgehead atoms. The highest BCUT2D eigenvalue weighted by atomic mass is 16.5. The summed E-state index contributed by atoms with van der Waals surface area (Å²) in [5, 5.41) is 0. The van der Waals surface area contributed by atoms with Crippen molar-refractivity contribution >= 4 is 5.69 Å². The van der Waals surface area contributed by atoms with Gasteiger partial charge in [0.05, 0.1) is 7.11 Å². The lowest BCUT2D eigenvalue weighted by atomic mass is 10.0. The van der Waals surface area contributed by atoms with Crippen LogP contribution in [0.1, 0.15) is 24.8 Å². The molecule has 2 rings (SSSR count). The molecule has 0 saturated carbocycles. The molecule has 0 fully saturated rings. The smallest absolute Gasteiger partial charge is 0.119 e. The average Bonchev–Trinajstić information content (AvgIpc) is 2.36. The lowest BCUT2D eigenvalue weighted by Gasteiger charge is -2.25. The van der Waals surface area contributed by atoms with Crippen LogP contribution in [-0.4, -0.2) is 34.9 Å². The van der Waals surface area contributed by atoms with Gasteiger partial charge in [-0.25, -0.2) is 0 Å². The van der Waals surface area contributed by atoms with E-state index in [1.54, 1.807) is 21.3 Å². The Bertz CT molecular complexity index is 352. The predicted octanol–water partition coefficient (Wildman–Crippen LogP) is 3.12. The van der Waals surface area contributed by atoms with Crippen molar-refractivity contribution in [2.24, 2.45) is 0 Å². The number of rotatable bonds is 1. The minimum Gasteiger partial charge on any atom is -0.497 e. The van der Waals surface area contributed by atoms with Crippen LogP contribution in [0.5, 0.6) is 5.75 Å². The molecule has 18 heavy (non-hydrogen) atoms. The van der Waals surface area contributed by atoms with Crippen LogP contribution in [0, 0.1) is 0 Å². The molecule has 0 spiro atoms. The van der Waals surface area contributed by atoms with Gasteiger partial charge in [0.1, 0.15) is 5.75 Å². The number of ether oxygens (including phenoxy) is 2. The summed E-state index contributed by atoms with van der Waals surface area (Å²) in [6, 6.07) is 6.41. The van der Waals surface area contributed by atoms with E-state index in [9.17, 15) is 0 Å². The Morgan fingerprint density at radius 1 is 1.06 bits per heavy atom. The van der Waals surface area contributed by atoms with E-state index >= 15 is 0 Å². The van der Waals surface area contributed by atoms with Gasteiger partial charge in [0, 0.05) is 33.5 Å². The largest absolute Gasteiger partial charge is 0.497 e. The highest BCUT2D eigenvalue weighted by molar-refractivity contribution is 5.56. The molecule has 1 aromatic carbocycles. The van der Waals surface area contributed by atoms with Crippen molar-refractivity contribution in [2.45, 2.75) is 25.7 Å². The molecule has 0 aromatic heterocycles. The number of aryl methyl sites for hydroxylation is 1. The standard InChI is InChI=1S/C13H19NO.C2H6O/c1-14-9-5-3-4-6-11-10-12(15-2)7-8-13(11)14;1-3-2/h7-8,10H,3-6,9H2,1-2H3;1-2H3. The number of hydrogen-bond donors (Lipinski definition) is 0. The molecule has 3 nitrogen and oxygen atoms in total. The van der Waals surface area contributed by atoms with E-state index in [-0.39, 0.29) is 0 Å². The second-order valence-electron chi connectivity index (χ2n) is 4.64. The highest BCUT2D eigenvalue weighted by Gasteiger charge is 2.11. The van der Waals surface area contributed by atoms with E-state index in [0.29, 0.717) is 0 Å². The third kappa shape index (κ3) is 4.22. The molecular weight excluding hydrogens is 226 g/mol. The zero-order valence-corrected chi connectivity index (χ0v) is 12.0. The van der Waals surface area contributed by atoms with E-state index in [4.69, 9.17) is 4.74 Å². The molecule has 0 radical (unpaired) electrons. The van der Waals surface area contributed by atoms with Gasteiger partial charge >= 0.3 is 0 Å². The van der Waals surface area contributed by atoms with Gasteiger partial charge in [-0.1, -0.05) is 6.42 Å². The van der Waals surface area contributed by atoms with Crippen molar-refractivity contribution in [2.75, 3.05) is 39.8 Å². The molecule has 1 aliphatic rings. The van der Waals surface area contributed by atoms with Crippen LogP contribution in [0.4, 0.5) is 5.69 Å². The van der Waals surface area contributed by atoms with Gasteiger partial charge in [0.25, 0.3) is 0 Å². The molecule has 0 saturated heterocycles. The van der Waals surface area contributed by atoms with Crippen LogP contribution in [0.3, 0.4) is 0 Å². The van der Waals surface area contributed by atoms with E-state index in [2.05, 4.69) is 34.9 Å². The fraction of sp³-hybridized carbons (Fsp3) is 0.600. The van der Waals surface area contributed by atoms with Crippen molar-refractivity contribution in [1.82, 2.24) is 0 Å². The van der Waals surface area contributed by atoms with Gasteiger partial charge < -0.3 is 14.4 Å². The van der Waals surface area contributed by atoms with Crippen molar-refractivity contribution in [3.05, 3.63) is 23.8 Å². The first-order valence-corrected chi connectivity index (χ1v) is 6.51. The Morgan fingerprint density at radius 2 is 1.78 bits per heavy atom. The molecular formula is C15H25NO2. The lowest BCUT2D eigenvalue weighted by Crippen LogP contribution is -2.21. The second-order valence-corrected chi connectivity index (χ2v) is 4.64. The maximum atomic E-state index is 5.27. The molecule has 1 aliphatic heterocycles. The van der Waals surface area contributed by atoms with Crippen LogP contribution < -0.4 is 9.64 Å². The number of hydrogen-bond acceptors (Lipinski definition) is 3. The first-order valence-electron chi connectivity index (χ1n) is 6.51. The Hall–Kier alpha value is -1.22. The molecule has 0 amide bonds. The van der Waals surface area contributed by atoms with E-state index in [1.807, 2.05) is 0 Å². The summed E-state index contributed by atoms with van der Waals surface area (Å²) in [4.78, 5) is 2.36. The maximum absolute atomic E-state index is 5.27. The first kappa shape index (κ1) is 14.8. The third-order valence-corrected chi connectivity index (χ3v) is 3.14. The summed E-state index contributed by atoms with van der Waals surface area (Å²) in [6.45, 7) is 1.17. The predicted molar refractivity (Wildman–Crippen MR) is 76.8 cm³/mol. The van der Waals surface area contributed by atoms with E-state index in [1.165, 1.54) is 43.5 Å². The number of nitrogens with zero attached hydrogens (tertiary/aromatic N) is 1. The highest BCUT2D eigenvalue weighted by Crippen LogP contribution is 2.28. The van der Waals surface area contributed by atoms with Crippen molar-refractivity contribution in [1.29, 1.82) is 0 Å². The fourth-order valence-electron chi connectivity index (χ4n) is 2.22. The number of methoxy groups -OCH3 is 2. The molecule has 0 atom stereocenters. The first-order chi connectivity index (χ1) is 8.72. The van der Waals surface area contributed by atoms with Gasteiger partial charge in [-0.3, -0.25) is 0 Å². The number of benzene rings is 1. The molecule has 0 unspecified atom stereocenters. The zero-order chi connectivity index (χ0) is 13.4. The maximum Gasteiger partial charge on any atom is 0.119 e. The van der Waals surface area contributed by atoms with Crippen molar-refractivity contribution in [3.8, 4) is 5.75 Å². The number of fused-ring (bicyclic) bond motifs is 1. The minimum absolute atomic E-state index is 0.975. The quantitative estimate of drug-likeness (QED) is 0.765. The summed E-state index contributed by atoms with van der Waals surface area (Å²) < 4.78 is 9.52. The molecule has 1 heterocycles. The Labute approximate surface area is 111 Å². The Balaban J connectivity index is 0.000000492. The van der Waals surface area contributed by atoms with Crippen LogP contribution in [0.2, 0.25) is 0 Å². The SMILES string of the molecule is COC.COc1ccc2c(c1)CCCCCN2C. The normalized spacial score (nSPS) is 14.8. The molecule has 3 heteroatoms. The van der Waals surface area contributed by atoms with E-state index < -0.39 is 0 Å². The average molecular weight is 251 g/mol. The van der Waals surface area contributed by atoms with Gasteiger partial charge in [0.2, 0.25) is 0 Å². The third-order valence-electron chi connectivity index (χ3n) is 3.14. The molecule has 0 aliphatic carbocycles. The van der Waals surface area contributed by atoms with Crippen molar-refractivity contribution in [3.63, 3.8) is 0 Å². The zero-order valence-electron chi connectivity index (χ0n) is 12.0. The number of anilines is 1. The summed E-state index contributed by atoms with van der Waals surface area (Å²) in [5.41, 5.74) is 2.80. The fourth-order valence-corrected chi connectivity index (χ4v) is 2.22. The Kier molecular flexibility index (Phi) is 6.58.